The van der Waals surface area contributed by atoms with E-state index >= 15 is 0 Å². The van der Waals surface area contributed by atoms with Gasteiger partial charge in [-0.15, -0.1) is 0 Å². The lowest BCUT2D eigenvalue weighted by atomic mass is 10.1. The molecule has 1 aromatic rings. The number of nitrogens with two attached hydrogens (primary N) is 1. The lowest BCUT2D eigenvalue weighted by Crippen LogP contribution is -2.25. The predicted molar refractivity (Wildman–Crippen MR) is 72.5 cm³/mol. The van der Waals surface area contributed by atoms with E-state index in [-0.39, 0.29) is 0 Å². The average Bonchev–Trinajstić information content (AvgIpc) is 2.24. The van der Waals surface area contributed by atoms with Gasteiger partial charge in [0.05, 0.1) is 0 Å². The summed E-state index contributed by atoms with van der Waals surface area (Å²) in [7, 11) is 0. The zero-order chi connectivity index (χ0) is 10.7. The molecule has 82 valence electrons. The van der Waals surface area contributed by atoms with Gasteiger partial charge >= 0.3 is 0 Å². The van der Waals surface area contributed by atoms with Crippen molar-refractivity contribution in [2.75, 3.05) is 22.6 Å². The van der Waals surface area contributed by atoms with E-state index in [1.165, 1.54) is 24.3 Å². The summed E-state index contributed by atoms with van der Waals surface area (Å²) < 4.78 is 1.05. The van der Waals surface area contributed by atoms with Gasteiger partial charge in [0.1, 0.15) is 0 Å². The summed E-state index contributed by atoms with van der Waals surface area (Å²) in [5.74, 6) is 2.51. The minimum absolute atomic E-state index is 0.601. The van der Waals surface area contributed by atoms with Crippen LogP contribution in [0.2, 0.25) is 0 Å². The van der Waals surface area contributed by atoms with Gasteiger partial charge in [-0.1, -0.05) is 0 Å². The quantitative estimate of drug-likeness (QED) is 0.819. The molecule has 1 unspecified atom stereocenters. The molecular weight excluding hydrogens is 272 g/mol. The molecule has 1 aliphatic heterocycles. The van der Waals surface area contributed by atoms with Crippen LogP contribution < -0.4 is 11.1 Å². The fourth-order valence-electron chi connectivity index (χ4n) is 1.72. The summed E-state index contributed by atoms with van der Waals surface area (Å²) in [6, 6.07) is 6.52. The molecule has 2 rings (SSSR count). The van der Waals surface area contributed by atoms with Crippen molar-refractivity contribution in [2.45, 2.75) is 18.9 Å². The van der Waals surface area contributed by atoms with Crippen LogP contribution in [-0.4, -0.2) is 17.5 Å². The normalized spacial score (nSPS) is 21.3. The van der Waals surface area contributed by atoms with Gasteiger partial charge in [0.25, 0.3) is 0 Å². The predicted octanol–water partition coefficient (Wildman–Crippen LogP) is 3.34. The molecule has 0 aromatic heterocycles. The Morgan fingerprint density at radius 3 is 3.00 bits per heavy atom. The van der Waals surface area contributed by atoms with Crippen molar-refractivity contribution in [3.63, 3.8) is 0 Å². The first kappa shape index (κ1) is 11.1. The second-order valence-electron chi connectivity index (χ2n) is 3.80. The maximum absolute atomic E-state index is 5.70. The maximum Gasteiger partial charge on any atom is 0.0488 e. The van der Waals surface area contributed by atoms with Crippen molar-refractivity contribution in [1.29, 1.82) is 0 Å². The molecule has 2 nitrogen and oxygen atoms in total. The molecule has 1 aliphatic rings. The minimum atomic E-state index is 0.601. The van der Waals surface area contributed by atoms with Crippen molar-refractivity contribution in [2.24, 2.45) is 0 Å². The molecule has 1 aromatic carbocycles. The number of benzene rings is 1. The second kappa shape index (κ2) is 5.12. The summed E-state index contributed by atoms with van der Waals surface area (Å²) in [6.45, 7) is 0. The first-order valence-corrected chi connectivity index (χ1v) is 7.10. The Kier molecular flexibility index (Phi) is 3.81. The van der Waals surface area contributed by atoms with Crippen LogP contribution in [0.5, 0.6) is 0 Å². The van der Waals surface area contributed by atoms with Crippen LogP contribution in [0.1, 0.15) is 12.8 Å². The number of hydrogen-bond donors (Lipinski definition) is 2. The van der Waals surface area contributed by atoms with Crippen molar-refractivity contribution in [1.82, 2.24) is 0 Å². The van der Waals surface area contributed by atoms with Crippen molar-refractivity contribution in [3.05, 3.63) is 22.7 Å². The van der Waals surface area contributed by atoms with Crippen molar-refractivity contribution in [3.8, 4) is 0 Å². The highest BCUT2D eigenvalue weighted by molar-refractivity contribution is 9.10. The Labute approximate surface area is 103 Å². The van der Waals surface area contributed by atoms with Gasteiger partial charge in [-0.2, -0.15) is 11.8 Å². The number of rotatable bonds is 2. The average molecular weight is 287 g/mol. The third-order valence-electron chi connectivity index (χ3n) is 2.51. The van der Waals surface area contributed by atoms with Gasteiger partial charge in [-0.25, -0.2) is 0 Å². The highest BCUT2D eigenvalue weighted by Crippen LogP contribution is 2.27. The van der Waals surface area contributed by atoms with Crippen LogP contribution in [0.3, 0.4) is 0 Å². The van der Waals surface area contributed by atoms with E-state index in [4.69, 9.17) is 5.73 Å². The van der Waals surface area contributed by atoms with E-state index < -0.39 is 0 Å². The Bertz CT molecular complexity index is 337. The molecule has 1 heterocycles. The molecule has 0 saturated carbocycles. The molecule has 1 saturated heterocycles. The smallest absolute Gasteiger partial charge is 0.0488 e. The molecule has 0 amide bonds. The Morgan fingerprint density at radius 2 is 2.33 bits per heavy atom. The number of anilines is 2. The van der Waals surface area contributed by atoms with E-state index in [1.807, 2.05) is 30.0 Å². The van der Waals surface area contributed by atoms with Crippen LogP contribution in [0.25, 0.3) is 0 Å². The molecule has 0 bridgehead atoms. The van der Waals surface area contributed by atoms with Crippen LogP contribution in [0, 0.1) is 0 Å². The molecular formula is C11H15BrN2S. The second-order valence-corrected chi connectivity index (χ2v) is 5.80. The lowest BCUT2D eigenvalue weighted by Gasteiger charge is -2.24. The molecule has 15 heavy (non-hydrogen) atoms. The van der Waals surface area contributed by atoms with Crippen LogP contribution in [0.4, 0.5) is 11.4 Å². The fourth-order valence-corrected chi connectivity index (χ4v) is 3.31. The first-order chi connectivity index (χ1) is 7.25. The van der Waals surface area contributed by atoms with Gasteiger partial charge in [0.2, 0.25) is 0 Å². The fraction of sp³-hybridized carbons (Fsp3) is 0.455. The number of halogens is 1. The van der Waals surface area contributed by atoms with Gasteiger partial charge in [0, 0.05) is 27.6 Å². The Balaban J connectivity index is 2.03. The standard InChI is InChI=1S/C11H15BrN2S/c12-10-6-8(13)3-4-11(10)14-9-2-1-5-15-7-9/h3-4,6,9,14H,1-2,5,7,13H2. The Morgan fingerprint density at radius 1 is 1.47 bits per heavy atom. The summed E-state index contributed by atoms with van der Waals surface area (Å²) in [6.07, 6.45) is 2.58. The largest absolute Gasteiger partial charge is 0.399 e. The highest BCUT2D eigenvalue weighted by atomic mass is 79.9. The number of thioether (sulfide) groups is 1. The molecule has 0 spiro atoms. The molecule has 0 aliphatic carbocycles. The monoisotopic (exact) mass is 286 g/mol. The lowest BCUT2D eigenvalue weighted by molar-refractivity contribution is 0.685. The van der Waals surface area contributed by atoms with Crippen LogP contribution >= 0.6 is 27.7 Å². The first-order valence-electron chi connectivity index (χ1n) is 5.15. The van der Waals surface area contributed by atoms with Crippen LogP contribution in [0.15, 0.2) is 22.7 Å². The Hall–Kier alpha value is -0.350. The van der Waals surface area contributed by atoms with Gasteiger partial charge in [0.15, 0.2) is 0 Å². The van der Waals surface area contributed by atoms with E-state index in [1.54, 1.807) is 0 Å². The zero-order valence-electron chi connectivity index (χ0n) is 8.50. The summed E-state index contributed by atoms with van der Waals surface area (Å²) in [5, 5.41) is 3.55. The van der Waals surface area contributed by atoms with Crippen LogP contribution in [-0.2, 0) is 0 Å². The topological polar surface area (TPSA) is 38.0 Å². The van der Waals surface area contributed by atoms with Crippen molar-refractivity contribution < 1.29 is 0 Å². The number of hydrogen-bond acceptors (Lipinski definition) is 3. The van der Waals surface area contributed by atoms with Gasteiger partial charge in [-0.05, 0) is 52.7 Å². The van der Waals surface area contributed by atoms with Crippen molar-refractivity contribution >= 4 is 39.1 Å². The van der Waals surface area contributed by atoms with E-state index in [9.17, 15) is 0 Å². The molecule has 1 fully saturated rings. The van der Waals surface area contributed by atoms with E-state index in [0.29, 0.717) is 6.04 Å². The summed E-state index contributed by atoms with van der Waals surface area (Å²) >= 11 is 5.55. The number of nitrogens with one attached hydrogen (secondary N) is 1. The number of nitrogen functional groups attached to an aromatic ring is 1. The highest BCUT2D eigenvalue weighted by Gasteiger charge is 2.14. The maximum atomic E-state index is 5.70. The summed E-state index contributed by atoms with van der Waals surface area (Å²) in [4.78, 5) is 0. The SMILES string of the molecule is Nc1ccc(NC2CCCSC2)c(Br)c1. The molecule has 4 heteroatoms. The molecule has 1 atom stereocenters. The van der Waals surface area contributed by atoms with Gasteiger partial charge in [-0.3, -0.25) is 0 Å². The zero-order valence-corrected chi connectivity index (χ0v) is 10.9. The summed E-state index contributed by atoms with van der Waals surface area (Å²) in [5.41, 5.74) is 7.65. The minimum Gasteiger partial charge on any atom is -0.399 e. The van der Waals surface area contributed by atoms with E-state index in [0.717, 1.165) is 15.8 Å². The molecule has 3 N–H and O–H groups in total. The van der Waals surface area contributed by atoms with Gasteiger partial charge < -0.3 is 11.1 Å². The molecule has 0 radical (unpaired) electrons. The van der Waals surface area contributed by atoms with E-state index in [2.05, 4.69) is 21.2 Å². The third kappa shape index (κ3) is 3.05. The third-order valence-corrected chi connectivity index (χ3v) is 4.38.